The molecular weight excluding hydrogens is 232 g/mol. The van der Waals surface area contributed by atoms with Gasteiger partial charge < -0.3 is 4.74 Å². The van der Waals surface area contributed by atoms with Crippen LogP contribution in [0.2, 0.25) is 5.02 Å². The Morgan fingerprint density at radius 3 is 3.00 bits per heavy atom. The molecule has 0 amide bonds. The van der Waals surface area contributed by atoms with Crippen molar-refractivity contribution < 1.29 is 9.53 Å². The summed E-state index contributed by atoms with van der Waals surface area (Å²) in [5.41, 5.74) is 0. The first-order valence-corrected chi connectivity index (χ1v) is 6.29. The molecule has 0 spiro atoms. The molecule has 82 valence electrons. The van der Waals surface area contributed by atoms with Gasteiger partial charge in [0.05, 0.1) is 6.42 Å². The van der Waals surface area contributed by atoms with E-state index in [4.69, 9.17) is 16.3 Å². The van der Waals surface area contributed by atoms with Crippen molar-refractivity contribution in [1.29, 1.82) is 0 Å². The first-order chi connectivity index (χ1) is 7.22. The Hall–Kier alpha value is -0.670. The van der Waals surface area contributed by atoms with Gasteiger partial charge in [0.15, 0.2) is 0 Å². The Labute approximate surface area is 99.0 Å². The standard InChI is InChI=1S/C11H13ClO2S/c1-2-15-7-6-11(13)14-10-5-3-4-9(12)8-10/h3-5,8H,2,6-7H2,1H3. The molecule has 0 radical (unpaired) electrons. The molecule has 0 aliphatic rings. The molecule has 1 aromatic rings. The average Bonchev–Trinajstić information content (AvgIpc) is 2.18. The van der Waals surface area contributed by atoms with E-state index in [9.17, 15) is 4.79 Å². The first kappa shape index (κ1) is 12.4. The van der Waals surface area contributed by atoms with E-state index in [0.717, 1.165) is 11.5 Å². The van der Waals surface area contributed by atoms with E-state index in [1.165, 1.54) is 0 Å². The lowest BCUT2D eigenvalue weighted by Crippen LogP contribution is -2.08. The highest BCUT2D eigenvalue weighted by Crippen LogP contribution is 2.17. The number of ether oxygens (including phenoxy) is 1. The number of benzene rings is 1. The van der Waals surface area contributed by atoms with Gasteiger partial charge in [-0.15, -0.1) is 0 Å². The fraction of sp³-hybridized carbons (Fsp3) is 0.364. The molecule has 0 saturated carbocycles. The quantitative estimate of drug-likeness (QED) is 0.451. The molecule has 0 aliphatic carbocycles. The molecule has 0 saturated heterocycles. The zero-order valence-corrected chi connectivity index (χ0v) is 10.1. The van der Waals surface area contributed by atoms with Crippen LogP contribution in [0.25, 0.3) is 0 Å². The van der Waals surface area contributed by atoms with Gasteiger partial charge in [0.1, 0.15) is 5.75 Å². The van der Waals surface area contributed by atoms with Gasteiger partial charge in [-0.05, 0) is 24.0 Å². The number of carbonyl (C=O) groups is 1. The molecule has 0 atom stereocenters. The van der Waals surface area contributed by atoms with Gasteiger partial charge >= 0.3 is 5.97 Å². The molecule has 0 bridgehead atoms. The number of halogens is 1. The fourth-order valence-electron chi connectivity index (χ4n) is 1.01. The van der Waals surface area contributed by atoms with Crippen LogP contribution in [0, 0.1) is 0 Å². The number of hydrogen-bond donors (Lipinski definition) is 0. The van der Waals surface area contributed by atoms with Crippen molar-refractivity contribution in [3.63, 3.8) is 0 Å². The number of esters is 1. The summed E-state index contributed by atoms with van der Waals surface area (Å²) in [7, 11) is 0. The van der Waals surface area contributed by atoms with Crippen molar-refractivity contribution in [3.05, 3.63) is 29.3 Å². The van der Waals surface area contributed by atoms with E-state index >= 15 is 0 Å². The van der Waals surface area contributed by atoms with Crippen LogP contribution in [0.4, 0.5) is 0 Å². The van der Waals surface area contributed by atoms with Crippen LogP contribution in [0.1, 0.15) is 13.3 Å². The van der Waals surface area contributed by atoms with Crippen LogP contribution in [-0.4, -0.2) is 17.5 Å². The highest BCUT2D eigenvalue weighted by molar-refractivity contribution is 7.99. The molecule has 15 heavy (non-hydrogen) atoms. The Bertz CT molecular complexity index is 328. The van der Waals surface area contributed by atoms with Crippen LogP contribution >= 0.6 is 23.4 Å². The predicted molar refractivity (Wildman–Crippen MR) is 64.7 cm³/mol. The number of thioether (sulfide) groups is 1. The zero-order chi connectivity index (χ0) is 11.1. The molecular formula is C11H13ClO2S. The first-order valence-electron chi connectivity index (χ1n) is 4.76. The molecule has 4 heteroatoms. The summed E-state index contributed by atoms with van der Waals surface area (Å²) in [5, 5.41) is 0.572. The maximum atomic E-state index is 11.3. The largest absolute Gasteiger partial charge is 0.426 e. The van der Waals surface area contributed by atoms with E-state index < -0.39 is 0 Å². The summed E-state index contributed by atoms with van der Waals surface area (Å²) in [6.45, 7) is 2.06. The van der Waals surface area contributed by atoms with Gasteiger partial charge in [-0.25, -0.2) is 0 Å². The molecule has 0 aromatic heterocycles. The van der Waals surface area contributed by atoms with E-state index in [2.05, 4.69) is 6.92 Å². The molecule has 2 nitrogen and oxygen atoms in total. The van der Waals surface area contributed by atoms with Crippen molar-refractivity contribution in [3.8, 4) is 5.75 Å². The van der Waals surface area contributed by atoms with E-state index in [0.29, 0.717) is 17.2 Å². The molecule has 1 rings (SSSR count). The minimum atomic E-state index is -0.210. The van der Waals surface area contributed by atoms with Crippen LogP contribution in [-0.2, 0) is 4.79 Å². The lowest BCUT2D eigenvalue weighted by molar-refractivity contribution is -0.133. The zero-order valence-electron chi connectivity index (χ0n) is 8.53. The van der Waals surface area contributed by atoms with Crippen molar-refractivity contribution in [2.45, 2.75) is 13.3 Å². The summed E-state index contributed by atoms with van der Waals surface area (Å²) in [5.74, 6) is 2.12. The normalized spacial score (nSPS) is 10.0. The molecule has 0 heterocycles. The Morgan fingerprint density at radius 1 is 1.53 bits per heavy atom. The third kappa shape index (κ3) is 5.09. The summed E-state index contributed by atoms with van der Waals surface area (Å²) >= 11 is 7.48. The van der Waals surface area contributed by atoms with E-state index in [-0.39, 0.29) is 5.97 Å². The van der Waals surface area contributed by atoms with Crippen LogP contribution in [0.15, 0.2) is 24.3 Å². The maximum Gasteiger partial charge on any atom is 0.312 e. The molecule has 0 unspecified atom stereocenters. The van der Waals surface area contributed by atoms with Gasteiger partial charge in [-0.3, -0.25) is 4.79 Å². The highest BCUT2D eigenvalue weighted by atomic mass is 35.5. The summed E-state index contributed by atoms with van der Waals surface area (Å²) in [6, 6.07) is 6.85. The molecule has 0 aliphatic heterocycles. The van der Waals surface area contributed by atoms with E-state index in [1.54, 1.807) is 36.0 Å². The SMILES string of the molecule is CCSCCC(=O)Oc1cccc(Cl)c1. The lowest BCUT2D eigenvalue weighted by atomic mass is 10.3. The Morgan fingerprint density at radius 2 is 2.33 bits per heavy atom. The average molecular weight is 245 g/mol. The van der Waals surface area contributed by atoms with Gasteiger partial charge in [0.25, 0.3) is 0 Å². The molecule has 0 N–H and O–H groups in total. The minimum absolute atomic E-state index is 0.210. The van der Waals surface area contributed by atoms with Crippen molar-refractivity contribution in [2.24, 2.45) is 0 Å². The topological polar surface area (TPSA) is 26.3 Å². The summed E-state index contributed by atoms with van der Waals surface area (Å²) in [4.78, 5) is 11.3. The van der Waals surface area contributed by atoms with E-state index in [1.807, 2.05) is 0 Å². The Kier molecular flexibility index (Phi) is 5.58. The summed E-state index contributed by atoms with van der Waals surface area (Å²) in [6.07, 6.45) is 0.436. The van der Waals surface area contributed by atoms with Gasteiger partial charge in [0.2, 0.25) is 0 Å². The van der Waals surface area contributed by atoms with Crippen LogP contribution in [0.5, 0.6) is 5.75 Å². The lowest BCUT2D eigenvalue weighted by Gasteiger charge is -2.03. The smallest absolute Gasteiger partial charge is 0.312 e. The van der Waals surface area contributed by atoms with Gasteiger partial charge in [-0.1, -0.05) is 24.6 Å². The van der Waals surface area contributed by atoms with Crippen molar-refractivity contribution in [2.75, 3.05) is 11.5 Å². The molecule has 0 fully saturated rings. The molecule has 1 aromatic carbocycles. The third-order valence-electron chi connectivity index (χ3n) is 1.68. The predicted octanol–water partition coefficient (Wildman–Crippen LogP) is 3.39. The third-order valence-corrected chi connectivity index (χ3v) is 2.82. The minimum Gasteiger partial charge on any atom is -0.426 e. The number of rotatable bonds is 5. The second kappa shape index (κ2) is 6.75. The van der Waals surface area contributed by atoms with Gasteiger partial charge in [-0.2, -0.15) is 11.8 Å². The van der Waals surface area contributed by atoms with Crippen LogP contribution in [0.3, 0.4) is 0 Å². The highest BCUT2D eigenvalue weighted by Gasteiger charge is 2.04. The van der Waals surface area contributed by atoms with Gasteiger partial charge in [0, 0.05) is 10.8 Å². The second-order valence-corrected chi connectivity index (χ2v) is 4.71. The Balaban J connectivity index is 2.37. The van der Waals surface area contributed by atoms with Crippen LogP contribution < -0.4 is 4.74 Å². The number of hydrogen-bond acceptors (Lipinski definition) is 3. The van der Waals surface area contributed by atoms with Crippen molar-refractivity contribution in [1.82, 2.24) is 0 Å². The number of carbonyl (C=O) groups excluding carboxylic acids is 1. The monoisotopic (exact) mass is 244 g/mol. The van der Waals surface area contributed by atoms with Crippen molar-refractivity contribution >= 4 is 29.3 Å². The summed E-state index contributed by atoms with van der Waals surface area (Å²) < 4.78 is 5.11. The fourth-order valence-corrected chi connectivity index (χ4v) is 1.79. The second-order valence-electron chi connectivity index (χ2n) is 2.88. The maximum absolute atomic E-state index is 11.3.